The molecule has 17 heavy (non-hydrogen) atoms. The average molecular weight is 241 g/mol. The van der Waals surface area contributed by atoms with Gasteiger partial charge in [-0.2, -0.15) is 0 Å². The average Bonchev–Trinajstić information content (AvgIpc) is 2.28. The van der Waals surface area contributed by atoms with Crippen LogP contribution in [0.2, 0.25) is 0 Å². The van der Waals surface area contributed by atoms with Crippen molar-refractivity contribution in [2.24, 2.45) is 5.73 Å². The van der Waals surface area contributed by atoms with Gasteiger partial charge in [0, 0.05) is 0 Å². The Balaban J connectivity index is 0. The van der Waals surface area contributed by atoms with Crippen molar-refractivity contribution in [2.75, 3.05) is 13.7 Å². The Labute approximate surface area is 104 Å². The summed E-state index contributed by atoms with van der Waals surface area (Å²) in [6, 6.07) is 0. The zero-order chi connectivity index (χ0) is 13.7. The number of rotatable bonds is 5. The number of carbonyl (C=O) groups excluding carboxylic acids is 2. The van der Waals surface area contributed by atoms with E-state index < -0.39 is 0 Å². The van der Waals surface area contributed by atoms with Crippen LogP contribution >= 0.6 is 0 Å². The molecule has 98 valence electrons. The summed E-state index contributed by atoms with van der Waals surface area (Å²) in [5.74, 6) is -0.380. The summed E-state index contributed by atoms with van der Waals surface area (Å²) in [5, 5.41) is 0. The maximum absolute atomic E-state index is 10.0. The molecular formula is C13H23NO3. The van der Waals surface area contributed by atoms with Gasteiger partial charge in [0.05, 0.1) is 13.7 Å². The fourth-order valence-corrected chi connectivity index (χ4v) is 0.871. The van der Waals surface area contributed by atoms with E-state index in [1.54, 1.807) is 6.08 Å². The van der Waals surface area contributed by atoms with E-state index >= 15 is 0 Å². The molecule has 0 aromatic rings. The number of nitrogens with two attached hydrogens (primary N) is 1. The Morgan fingerprint density at radius 2 is 1.88 bits per heavy atom. The standard InChI is InChI=1S/C10H16O.C3H7NO2/c1-9(2)5-4-6-10(3)7-8-11;1-6-3(5)2-4/h5,7-8H,4,6H2,1-3H3;2,4H2,1H3/b10-7-;. The zero-order valence-electron chi connectivity index (χ0n) is 11.2. The molecule has 0 spiro atoms. The second-order valence-electron chi connectivity index (χ2n) is 3.75. The van der Waals surface area contributed by atoms with E-state index in [1.807, 2.05) is 6.92 Å². The number of allylic oxidation sites excluding steroid dienone is 4. The Hall–Kier alpha value is -1.42. The van der Waals surface area contributed by atoms with Gasteiger partial charge in [0.2, 0.25) is 0 Å². The van der Waals surface area contributed by atoms with E-state index in [0.717, 1.165) is 24.7 Å². The molecular weight excluding hydrogens is 218 g/mol. The first-order valence-corrected chi connectivity index (χ1v) is 5.49. The van der Waals surface area contributed by atoms with Crippen LogP contribution in [0, 0.1) is 0 Å². The third kappa shape index (κ3) is 17.2. The molecule has 0 atom stereocenters. The number of hydrogen-bond donors (Lipinski definition) is 1. The number of ether oxygens (including phenoxy) is 1. The van der Waals surface area contributed by atoms with Crippen molar-refractivity contribution in [2.45, 2.75) is 33.6 Å². The first-order chi connectivity index (χ1) is 7.97. The van der Waals surface area contributed by atoms with Gasteiger partial charge >= 0.3 is 5.97 Å². The van der Waals surface area contributed by atoms with Crippen molar-refractivity contribution in [1.29, 1.82) is 0 Å². The second-order valence-corrected chi connectivity index (χ2v) is 3.75. The van der Waals surface area contributed by atoms with Gasteiger partial charge in [-0.25, -0.2) is 0 Å². The lowest BCUT2D eigenvalue weighted by Gasteiger charge is -1.94. The highest BCUT2D eigenvalue weighted by atomic mass is 16.5. The van der Waals surface area contributed by atoms with Gasteiger partial charge < -0.3 is 10.5 Å². The third-order valence-electron chi connectivity index (χ3n) is 1.84. The van der Waals surface area contributed by atoms with Crippen LogP contribution in [-0.4, -0.2) is 25.9 Å². The number of methoxy groups -OCH3 is 1. The Morgan fingerprint density at radius 3 is 2.18 bits per heavy atom. The van der Waals surface area contributed by atoms with Gasteiger partial charge in [0.25, 0.3) is 0 Å². The summed E-state index contributed by atoms with van der Waals surface area (Å²) in [6.07, 6.45) is 6.68. The zero-order valence-corrected chi connectivity index (χ0v) is 11.2. The van der Waals surface area contributed by atoms with Crippen molar-refractivity contribution in [3.63, 3.8) is 0 Å². The summed E-state index contributed by atoms with van der Waals surface area (Å²) in [7, 11) is 1.30. The third-order valence-corrected chi connectivity index (χ3v) is 1.84. The molecule has 4 nitrogen and oxygen atoms in total. The molecule has 0 aromatic carbocycles. The number of aldehydes is 1. The fraction of sp³-hybridized carbons (Fsp3) is 0.538. The lowest BCUT2D eigenvalue weighted by molar-refractivity contribution is -0.138. The molecule has 0 fully saturated rings. The fourth-order valence-electron chi connectivity index (χ4n) is 0.871. The smallest absolute Gasteiger partial charge is 0.319 e. The topological polar surface area (TPSA) is 69.4 Å². The SMILES string of the molecule is CC(C)=CCC/C(C)=C\C=O.COC(=O)CN. The quantitative estimate of drug-likeness (QED) is 0.346. The number of hydrogen-bond acceptors (Lipinski definition) is 4. The van der Waals surface area contributed by atoms with Crippen LogP contribution in [-0.2, 0) is 14.3 Å². The first kappa shape index (κ1) is 18.0. The molecule has 4 heteroatoms. The van der Waals surface area contributed by atoms with E-state index in [2.05, 4.69) is 24.7 Å². The van der Waals surface area contributed by atoms with E-state index in [4.69, 9.17) is 5.73 Å². The summed E-state index contributed by atoms with van der Waals surface area (Å²) in [6.45, 7) is 6.11. The summed E-state index contributed by atoms with van der Waals surface area (Å²) < 4.78 is 4.14. The molecule has 0 saturated carbocycles. The normalized spacial score (nSPS) is 9.82. The van der Waals surface area contributed by atoms with E-state index in [9.17, 15) is 9.59 Å². The molecule has 0 aliphatic heterocycles. The van der Waals surface area contributed by atoms with Crippen LogP contribution in [0.5, 0.6) is 0 Å². The van der Waals surface area contributed by atoms with Crippen molar-refractivity contribution in [3.05, 3.63) is 23.3 Å². The van der Waals surface area contributed by atoms with Gasteiger partial charge in [0.15, 0.2) is 0 Å². The minimum absolute atomic E-state index is 0.0312. The molecule has 0 bridgehead atoms. The van der Waals surface area contributed by atoms with Gasteiger partial charge in [-0.15, -0.1) is 0 Å². The summed E-state index contributed by atoms with van der Waals surface area (Å²) in [5.41, 5.74) is 7.30. The molecule has 0 amide bonds. The van der Waals surface area contributed by atoms with Crippen LogP contribution in [0.3, 0.4) is 0 Å². The van der Waals surface area contributed by atoms with Crippen molar-refractivity contribution in [3.8, 4) is 0 Å². The highest BCUT2D eigenvalue weighted by Gasteiger charge is 1.88. The molecule has 2 N–H and O–H groups in total. The Bertz CT molecular complexity index is 270. The van der Waals surface area contributed by atoms with Crippen LogP contribution in [0.15, 0.2) is 23.3 Å². The molecule has 0 heterocycles. The minimum atomic E-state index is -0.380. The number of esters is 1. The molecule has 0 aliphatic carbocycles. The van der Waals surface area contributed by atoms with Crippen molar-refractivity contribution >= 4 is 12.3 Å². The predicted octanol–water partition coefficient (Wildman–Crippen LogP) is 2.00. The monoisotopic (exact) mass is 241 g/mol. The lowest BCUT2D eigenvalue weighted by atomic mass is 10.1. The molecule has 0 aromatic heterocycles. The summed E-state index contributed by atoms with van der Waals surface area (Å²) >= 11 is 0. The molecule has 0 radical (unpaired) electrons. The summed E-state index contributed by atoms with van der Waals surface area (Å²) in [4.78, 5) is 19.9. The number of carbonyl (C=O) groups is 2. The largest absolute Gasteiger partial charge is 0.468 e. The molecule has 0 aliphatic rings. The second kappa shape index (κ2) is 12.6. The Kier molecular flexibility index (Phi) is 13.4. The molecule has 0 saturated heterocycles. The predicted molar refractivity (Wildman–Crippen MR) is 69.6 cm³/mol. The Morgan fingerprint density at radius 1 is 1.29 bits per heavy atom. The maximum atomic E-state index is 10.0. The van der Waals surface area contributed by atoms with Crippen molar-refractivity contribution in [1.82, 2.24) is 0 Å². The van der Waals surface area contributed by atoms with Crippen molar-refractivity contribution < 1.29 is 14.3 Å². The molecule has 0 rings (SSSR count). The van der Waals surface area contributed by atoms with Gasteiger partial charge in [0.1, 0.15) is 6.29 Å². The van der Waals surface area contributed by atoms with E-state index in [-0.39, 0.29) is 12.5 Å². The van der Waals surface area contributed by atoms with E-state index in [1.165, 1.54) is 12.7 Å². The highest BCUT2D eigenvalue weighted by Crippen LogP contribution is 2.05. The minimum Gasteiger partial charge on any atom is -0.468 e. The van der Waals surface area contributed by atoms with Gasteiger partial charge in [-0.05, 0) is 39.7 Å². The van der Waals surface area contributed by atoms with Crippen LogP contribution in [0.4, 0.5) is 0 Å². The van der Waals surface area contributed by atoms with Crippen LogP contribution < -0.4 is 5.73 Å². The van der Waals surface area contributed by atoms with Crippen LogP contribution in [0.25, 0.3) is 0 Å². The maximum Gasteiger partial charge on any atom is 0.319 e. The van der Waals surface area contributed by atoms with Crippen LogP contribution in [0.1, 0.15) is 33.6 Å². The highest BCUT2D eigenvalue weighted by molar-refractivity contribution is 5.71. The first-order valence-electron chi connectivity index (χ1n) is 5.49. The molecule has 0 unspecified atom stereocenters. The van der Waals surface area contributed by atoms with E-state index in [0.29, 0.717) is 0 Å². The lowest BCUT2D eigenvalue weighted by Crippen LogP contribution is -2.14. The van der Waals surface area contributed by atoms with Gasteiger partial charge in [-0.1, -0.05) is 17.2 Å². The van der Waals surface area contributed by atoms with Gasteiger partial charge in [-0.3, -0.25) is 9.59 Å².